The normalized spacial score (nSPS) is 13.8. The predicted octanol–water partition coefficient (Wildman–Crippen LogP) is 4.25. The molecule has 0 atom stereocenters. The number of amides is 1. The van der Waals surface area contributed by atoms with Gasteiger partial charge in [0.2, 0.25) is 5.91 Å². The lowest BCUT2D eigenvalue weighted by molar-refractivity contribution is -0.132. The zero-order valence-corrected chi connectivity index (χ0v) is 16.2. The molecule has 0 bridgehead atoms. The number of aryl methyl sites for hydroxylation is 1. The number of benzene rings is 2. The second kappa shape index (κ2) is 6.95. The van der Waals surface area contributed by atoms with Crippen LogP contribution in [-0.4, -0.2) is 34.0 Å². The fourth-order valence-corrected chi connectivity index (χ4v) is 4.27. The summed E-state index contributed by atoms with van der Waals surface area (Å²) in [5, 5.41) is 1.98. The minimum Gasteiger partial charge on any atom is -0.497 e. The third kappa shape index (κ3) is 3.14. The quantitative estimate of drug-likeness (QED) is 0.566. The van der Waals surface area contributed by atoms with E-state index in [9.17, 15) is 9.18 Å². The standard InChI is InChI=1S/C23H22FN3O2/c1-29-17-3-5-22-15(12-17)6-9-26(22)11-8-23(28)27-10-7-21-19(14-27)18-13-16(24)2-4-20(18)25-21/h2-6,9,12-13,25H,7-8,10-11,14H2,1H3. The molecule has 0 unspecified atom stereocenters. The Bertz CT molecular complexity index is 1220. The zero-order valence-electron chi connectivity index (χ0n) is 16.2. The van der Waals surface area contributed by atoms with Crippen LogP contribution in [0.4, 0.5) is 4.39 Å². The number of nitrogens with zero attached hydrogens (tertiary/aromatic N) is 2. The molecular weight excluding hydrogens is 369 g/mol. The first-order valence-electron chi connectivity index (χ1n) is 9.82. The zero-order chi connectivity index (χ0) is 20.0. The van der Waals surface area contributed by atoms with Crippen LogP contribution in [0, 0.1) is 5.82 Å². The third-order valence-electron chi connectivity index (χ3n) is 5.83. The van der Waals surface area contributed by atoms with Crippen LogP contribution in [-0.2, 0) is 24.3 Å². The molecule has 2 aromatic carbocycles. The summed E-state index contributed by atoms with van der Waals surface area (Å²) >= 11 is 0. The van der Waals surface area contributed by atoms with Crippen LogP contribution in [0.3, 0.4) is 0 Å². The molecule has 6 heteroatoms. The molecule has 1 aliphatic heterocycles. The number of carbonyl (C=O) groups is 1. The SMILES string of the molecule is COc1ccc2c(ccn2CCC(=O)N2CCc3[nH]c4ccc(F)cc4c3C2)c1. The van der Waals surface area contributed by atoms with Crippen LogP contribution in [0.5, 0.6) is 5.75 Å². The van der Waals surface area contributed by atoms with Gasteiger partial charge in [0.25, 0.3) is 0 Å². The van der Waals surface area contributed by atoms with Crippen LogP contribution in [0.1, 0.15) is 17.7 Å². The monoisotopic (exact) mass is 391 g/mol. The van der Waals surface area contributed by atoms with E-state index in [4.69, 9.17) is 4.74 Å². The maximum Gasteiger partial charge on any atom is 0.224 e. The molecule has 5 nitrogen and oxygen atoms in total. The van der Waals surface area contributed by atoms with Gasteiger partial charge >= 0.3 is 0 Å². The molecule has 0 spiro atoms. The van der Waals surface area contributed by atoms with Crippen molar-refractivity contribution in [3.05, 3.63) is 65.7 Å². The number of carbonyl (C=O) groups excluding carboxylic acids is 1. The van der Waals surface area contributed by atoms with Gasteiger partial charge < -0.3 is 19.2 Å². The minimum atomic E-state index is -0.251. The van der Waals surface area contributed by atoms with Gasteiger partial charge in [-0.15, -0.1) is 0 Å². The molecule has 3 heterocycles. The van der Waals surface area contributed by atoms with Gasteiger partial charge in [0, 0.05) is 71.7 Å². The summed E-state index contributed by atoms with van der Waals surface area (Å²) in [5.41, 5.74) is 4.17. The van der Waals surface area contributed by atoms with Gasteiger partial charge in [-0.2, -0.15) is 0 Å². The van der Waals surface area contributed by atoms with Crippen LogP contribution in [0.25, 0.3) is 21.8 Å². The fraction of sp³-hybridized carbons (Fsp3) is 0.261. The highest BCUT2D eigenvalue weighted by atomic mass is 19.1. The number of hydrogen-bond acceptors (Lipinski definition) is 2. The van der Waals surface area contributed by atoms with Gasteiger partial charge in [-0.3, -0.25) is 4.79 Å². The first kappa shape index (κ1) is 17.8. The van der Waals surface area contributed by atoms with Gasteiger partial charge in [0.15, 0.2) is 0 Å². The summed E-state index contributed by atoms with van der Waals surface area (Å²) in [7, 11) is 1.66. The minimum absolute atomic E-state index is 0.122. The van der Waals surface area contributed by atoms with Crippen LogP contribution in [0.2, 0.25) is 0 Å². The summed E-state index contributed by atoms with van der Waals surface area (Å²) in [6.07, 6.45) is 3.21. The molecule has 1 amide bonds. The number of ether oxygens (including phenoxy) is 1. The lowest BCUT2D eigenvalue weighted by atomic mass is 10.0. The molecule has 4 aromatic rings. The highest BCUT2D eigenvalue weighted by Crippen LogP contribution is 2.29. The Morgan fingerprint density at radius 2 is 2.10 bits per heavy atom. The maximum absolute atomic E-state index is 13.7. The lowest BCUT2D eigenvalue weighted by Gasteiger charge is -2.27. The molecule has 0 aliphatic carbocycles. The molecule has 1 aliphatic rings. The predicted molar refractivity (Wildman–Crippen MR) is 110 cm³/mol. The van der Waals surface area contributed by atoms with Crippen LogP contribution < -0.4 is 4.74 Å². The summed E-state index contributed by atoms with van der Waals surface area (Å²) in [6, 6.07) is 12.8. The number of halogens is 1. The van der Waals surface area contributed by atoms with Crippen LogP contribution in [0.15, 0.2) is 48.7 Å². The summed E-state index contributed by atoms with van der Waals surface area (Å²) in [4.78, 5) is 18.1. The number of fused-ring (bicyclic) bond motifs is 4. The van der Waals surface area contributed by atoms with Crippen molar-refractivity contribution in [1.29, 1.82) is 0 Å². The number of nitrogens with one attached hydrogen (secondary N) is 1. The third-order valence-corrected chi connectivity index (χ3v) is 5.83. The molecule has 0 saturated heterocycles. The van der Waals surface area contributed by atoms with Crippen molar-refractivity contribution in [2.45, 2.75) is 25.9 Å². The lowest BCUT2D eigenvalue weighted by Crippen LogP contribution is -2.36. The van der Waals surface area contributed by atoms with Crippen molar-refractivity contribution in [3.8, 4) is 5.75 Å². The smallest absolute Gasteiger partial charge is 0.224 e. The summed E-state index contributed by atoms with van der Waals surface area (Å²) < 4.78 is 21.1. The summed E-state index contributed by atoms with van der Waals surface area (Å²) in [5.74, 6) is 0.696. The Morgan fingerprint density at radius 3 is 2.97 bits per heavy atom. The number of H-pyrrole nitrogens is 1. The Balaban J connectivity index is 1.31. The molecule has 29 heavy (non-hydrogen) atoms. The molecule has 148 valence electrons. The van der Waals surface area contributed by atoms with Crippen molar-refractivity contribution < 1.29 is 13.9 Å². The van der Waals surface area contributed by atoms with E-state index >= 15 is 0 Å². The Kier molecular flexibility index (Phi) is 4.27. The largest absolute Gasteiger partial charge is 0.497 e. The van der Waals surface area contributed by atoms with Crippen molar-refractivity contribution in [2.24, 2.45) is 0 Å². The Labute approximate surface area is 167 Å². The highest BCUT2D eigenvalue weighted by molar-refractivity contribution is 5.86. The van der Waals surface area contributed by atoms with E-state index in [0.717, 1.165) is 45.2 Å². The van der Waals surface area contributed by atoms with E-state index in [-0.39, 0.29) is 11.7 Å². The first-order chi connectivity index (χ1) is 14.1. The number of hydrogen-bond donors (Lipinski definition) is 1. The van der Waals surface area contributed by atoms with E-state index in [1.54, 1.807) is 19.2 Å². The highest BCUT2D eigenvalue weighted by Gasteiger charge is 2.24. The van der Waals surface area contributed by atoms with E-state index in [0.29, 0.717) is 26.1 Å². The van der Waals surface area contributed by atoms with Crippen LogP contribution >= 0.6 is 0 Å². The Morgan fingerprint density at radius 1 is 1.21 bits per heavy atom. The van der Waals surface area contributed by atoms with Crippen molar-refractivity contribution >= 4 is 27.7 Å². The van der Waals surface area contributed by atoms with Gasteiger partial charge in [0.1, 0.15) is 11.6 Å². The Hall–Kier alpha value is -3.28. The summed E-state index contributed by atoms with van der Waals surface area (Å²) in [6.45, 7) is 1.84. The molecule has 2 aromatic heterocycles. The van der Waals surface area contributed by atoms with Gasteiger partial charge in [-0.1, -0.05) is 0 Å². The number of aromatic nitrogens is 2. The van der Waals surface area contributed by atoms with E-state index in [2.05, 4.69) is 9.55 Å². The van der Waals surface area contributed by atoms with E-state index < -0.39 is 0 Å². The molecule has 0 saturated carbocycles. The maximum atomic E-state index is 13.7. The molecule has 1 N–H and O–H groups in total. The topological polar surface area (TPSA) is 50.3 Å². The first-order valence-corrected chi connectivity index (χ1v) is 9.82. The second-order valence-electron chi connectivity index (χ2n) is 7.52. The molecule has 0 radical (unpaired) electrons. The average Bonchev–Trinajstić information content (AvgIpc) is 3.31. The molecular formula is C23H22FN3O2. The van der Waals surface area contributed by atoms with Gasteiger partial charge in [-0.05, 0) is 42.5 Å². The number of aromatic amines is 1. The van der Waals surface area contributed by atoms with Crippen molar-refractivity contribution in [2.75, 3.05) is 13.7 Å². The number of methoxy groups -OCH3 is 1. The second-order valence-corrected chi connectivity index (χ2v) is 7.52. The van der Waals surface area contributed by atoms with Crippen molar-refractivity contribution in [3.63, 3.8) is 0 Å². The van der Waals surface area contributed by atoms with Crippen molar-refractivity contribution in [1.82, 2.24) is 14.5 Å². The fourth-order valence-electron chi connectivity index (χ4n) is 4.27. The molecule has 5 rings (SSSR count). The van der Waals surface area contributed by atoms with Gasteiger partial charge in [0.05, 0.1) is 7.11 Å². The average molecular weight is 391 g/mol. The van der Waals surface area contributed by atoms with E-state index in [1.165, 1.54) is 6.07 Å². The van der Waals surface area contributed by atoms with Gasteiger partial charge in [-0.25, -0.2) is 4.39 Å². The number of rotatable bonds is 4. The molecule has 0 fully saturated rings. The van der Waals surface area contributed by atoms with E-state index in [1.807, 2.05) is 35.4 Å².